The van der Waals surface area contributed by atoms with Crippen LogP contribution >= 0.6 is 0 Å². The molecule has 0 heterocycles. The number of carbonyl (C=O) groups excluding carboxylic acids is 2. The van der Waals surface area contributed by atoms with Crippen LogP contribution in [-0.4, -0.2) is 24.5 Å². The Morgan fingerprint density at radius 3 is 2.50 bits per heavy atom. The van der Waals surface area contributed by atoms with Gasteiger partial charge in [0.05, 0.1) is 0 Å². The Balaban J connectivity index is 3.70. The van der Waals surface area contributed by atoms with Gasteiger partial charge < -0.3 is 16.2 Å². The lowest BCUT2D eigenvalue weighted by atomic mass is 10.1. The summed E-state index contributed by atoms with van der Waals surface area (Å²) in [4.78, 5) is 21.8. The summed E-state index contributed by atoms with van der Waals surface area (Å²) in [5.41, 5.74) is 10.8. The molecular formula is C9H18N2O3. The number of hydrogen-bond acceptors (Lipinski definition) is 5. The molecule has 0 saturated heterocycles. The van der Waals surface area contributed by atoms with Crippen molar-refractivity contribution in [2.24, 2.45) is 11.5 Å². The highest BCUT2D eigenvalue weighted by molar-refractivity contribution is 5.88. The van der Waals surface area contributed by atoms with Crippen molar-refractivity contribution in [3.05, 3.63) is 0 Å². The molecule has 0 aliphatic rings. The van der Waals surface area contributed by atoms with E-state index in [-0.39, 0.29) is 6.42 Å². The normalized spacial score (nSPS) is 12.2. The van der Waals surface area contributed by atoms with E-state index in [0.717, 1.165) is 12.8 Å². The van der Waals surface area contributed by atoms with Crippen molar-refractivity contribution in [3.63, 3.8) is 0 Å². The van der Waals surface area contributed by atoms with Gasteiger partial charge in [-0.15, -0.1) is 0 Å². The summed E-state index contributed by atoms with van der Waals surface area (Å²) in [6.07, 6.45) is 2.28. The average molecular weight is 202 g/mol. The molecular weight excluding hydrogens is 184 g/mol. The van der Waals surface area contributed by atoms with E-state index in [9.17, 15) is 9.59 Å². The molecule has 0 aromatic carbocycles. The van der Waals surface area contributed by atoms with E-state index in [1.165, 1.54) is 0 Å². The quantitative estimate of drug-likeness (QED) is 0.357. The van der Waals surface area contributed by atoms with Crippen molar-refractivity contribution in [3.8, 4) is 0 Å². The Labute approximate surface area is 83.8 Å². The van der Waals surface area contributed by atoms with E-state index in [4.69, 9.17) is 11.5 Å². The van der Waals surface area contributed by atoms with Crippen LogP contribution in [0.15, 0.2) is 0 Å². The summed E-state index contributed by atoms with van der Waals surface area (Å²) in [5, 5.41) is 0. The van der Waals surface area contributed by atoms with Gasteiger partial charge in [0.25, 0.3) is 0 Å². The van der Waals surface area contributed by atoms with Gasteiger partial charge in [-0.3, -0.25) is 4.79 Å². The van der Waals surface area contributed by atoms with Crippen LogP contribution in [0.25, 0.3) is 0 Å². The molecule has 0 rings (SSSR count). The Kier molecular flexibility index (Phi) is 6.96. The zero-order valence-electron chi connectivity index (χ0n) is 8.49. The largest absolute Gasteiger partial charge is 0.392 e. The molecule has 5 heteroatoms. The first-order valence-electron chi connectivity index (χ1n) is 4.82. The zero-order chi connectivity index (χ0) is 11.0. The maximum Gasteiger partial charge on any atom is 0.330 e. The Hall–Kier alpha value is -0.940. The van der Waals surface area contributed by atoms with Gasteiger partial charge in [0, 0.05) is 6.42 Å². The van der Waals surface area contributed by atoms with Crippen molar-refractivity contribution in [2.45, 2.75) is 38.6 Å². The smallest absolute Gasteiger partial charge is 0.330 e. The molecule has 0 aromatic heterocycles. The second-order valence-electron chi connectivity index (χ2n) is 3.04. The molecule has 5 nitrogen and oxygen atoms in total. The molecule has 0 aliphatic heterocycles. The minimum atomic E-state index is -0.711. The van der Waals surface area contributed by atoms with Gasteiger partial charge >= 0.3 is 11.9 Å². The highest BCUT2D eigenvalue weighted by atomic mass is 16.6. The summed E-state index contributed by atoms with van der Waals surface area (Å²) >= 11 is 0. The number of unbranched alkanes of at least 4 members (excludes halogenated alkanes) is 1. The number of rotatable bonds is 6. The molecule has 0 aromatic rings. The lowest BCUT2D eigenvalue weighted by Crippen LogP contribution is -2.33. The van der Waals surface area contributed by atoms with Crippen LogP contribution in [0.3, 0.4) is 0 Å². The maximum absolute atomic E-state index is 11.1. The summed E-state index contributed by atoms with van der Waals surface area (Å²) < 4.78 is 4.46. The molecule has 0 amide bonds. The predicted octanol–water partition coefficient (Wildman–Crippen LogP) is -0.0775. The third kappa shape index (κ3) is 5.66. The van der Waals surface area contributed by atoms with Crippen LogP contribution in [0.5, 0.6) is 0 Å². The summed E-state index contributed by atoms with van der Waals surface area (Å²) in [5.74, 6) is -1.18. The third-order valence-corrected chi connectivity index (χ3v) is 1.78. The van der Waals surface area contributed by atoms with E-state index < -0.39 is 18.0 Å². The van der Waals surface area contributed by atoms with Crippen molar-refractivity contribution >= 4 is 11.9 Å². The Bertz CT molecular complexity index is 194. The van der Waals surface area contributed by atoms with Crippen LogP contribution < -0.4 is 11.5 Å². The van der Waals surface area contributed by atoms with E-state index in [1.54, 1.807) is 6.92 Å². The van der Waals surface area contributed by atoms with Gasteiger partial charge in [0.2, 0.25) is 0 Å². The lowest BCUT2D eigenvalue weighted by molar-refractivity contribution is -0.160. The lowest BCUT2D eigenvalue weighted by Gasteiger charge is -2.08. The number of carbonyl (C=O) groups is 2. The van der Waals surface area contributed by atoms with E-state index in [0.29, 0.717) is 13.0 Å². The van der Waals surface area contributed by atoms with Crippen molar-refractivity contribution in [1.82, 2.24) is 0 Å². The minimum Gasteiger partial charge on any atom is -0.392 e. The van der Waals surface area contributed by atoms with Crippen LogP contribution in [0.4, 0.5) is 0 Å². The summed E-state index contributed by atoms with van der Waals surface area (Å²) in [7, 11) is 0. The molecule has 0 saturated carbocycles. The van der Waals surface area contributed by atoms with Crippen LogP contribution in [0, 0.1) is 0 Å². The molecule has 0 fully saturated rings. The van der Waals surface area contributed by atoms with Crippen molar-refractivity contribution in [2.75, 3.05) is 6.54 Å². The molecule has 4 N–H and O–H groups in total. The van der Waals surface area contributed by atoms with Crippen LogP contribution in [0.1, 0.15) is 32.6 Å². The number of esters is 2. The van der Waals surface area contributed by atoms with E-state index in [2.05, 4.69) is 4.74 Å². The highest BCUT2D eigenvalue weighted by Crippen LogP contribution is 2.00. The molecule has 0 spiro atoms. The fourth-order valence-electron chi connectivity index (χ4n) is 0.886. The van der Waals surface area contributed by atoms with Gasteiger partial charge in [-0.2, -0.15) is 0 Å². The topological polar surface area (TPSA) is 95.4 Å². The standard InChI is InChI=1S/C9H18N2O3/c1-2-8(12)14-9(13)7(11)5-3-4-6-10/h7H,2-6,10-11H2,1H3/t7-/m0/s1. The fourth-order valence-corrected chi connectivity index (χ4v) is 0.886. The molecule has 0 bridgehead atoms. The SMILES string of the molecule is CCC(=O)OC(=O)[C@@H](N)CCCCN. The van der Waals surface area contributed by atoms with Gasteiger partial charge in [-0.05, 0) is 19.4 Å². The zero-order valence-corrected chi connectivity index (χ0v) is 8.49. The molecule has 0 aliphatic carbocycles. The van der Waals surface area contributed by atoms with Crippen molar-refractivity contribution in [1.29, 1.82) is 0 Å². The van der Waals surface area contributed by atoms with E-state index in [1.807, 2.05) is 0 Å². The second kappa shape index (κ2) is 7.46. The molecule has 82 valence electrons. The Morgan fingerprint density at radius 1 is 1.36 bits per heavy atom. The van der Waals surface area contributed by atoms with E-state index >= 15 is 0 Å². The van der Waals surface area contributed by atoms with Crippen LogP contribution in [0.2, 0.25) is 0 Å². The monoisotopic (exact) mass is 202 g/mol. The van der Waals surface area contributed by atoms with Gasteiger partial charge in [-0.1, -0.05) is 13.3 Å². The summed E-state index contributed by atoms with van der Waals surface area (Å²) in [6, 6.07) is -0.711. The fraction of sp³-hybridized carbons (Fsp3) is 0.778. The van der Waals surface area contributed by atoms with Crippen molar-refractivity contribution < 1.29 is 14.3 Å². The molecule has 0 radical (unpaired) electrons. The highest BCUT2D eigenvalue weighted by Gasteiger charge is 2.17. The van der Waals surface area contributed by atoms with Gasteiger partial charge in [-0.25, -0.2) is 4.79 Å². The predicted molar refractivity (Wildman–Crippen MR) is 52.3 cm³/mol. The minimum absolute atomic E-state index is 0.182. The Morgan fingerprint density at radius 2 is 2.00 bits per heavy atom. The summed E-state index contributed by atoms with van der Waals surface area (Å²) in [6.45, 7) is 2.20. The first-order valence-corrected chi connectivity index (χ1v) is 4.82. The van der Waals surface area contributed by atoms with Gasteiger partial charge in [0.1, 0.15) is 6.04 Å². The average Bonchev–Trinajstić information content (AvgIpc) is 2.17. The first-order chi connectivity index (χ1) is 6.61. The number of ether oxygens (including phenoxy) is 1. The molecule has 14 heavy (non-hydrogen) atoms. The molecule has 1 atom stereocenters. The van der Waals surface area contributed by atoms with Crippen LogP contribution in [-0.2, 0) is 14.3 Å². The number of hydrogen-bond donors (Lipinski definition) is 2. The number of nitrogens with two attached hydrogens (primary N) is 2. The first kappa shape index (κ1) is 13.1. The third-order valence-electron chi connectivity index (χ3n) is 1.78. The maximum atomic E-state index is 11.1. The van der Waals surface area contributed by atoms with Gasteiger partial charge in [0.15, 0.2) is 0 Å². The molecule has 0 unspecified atom stereocenters. The second-order valence-corrected chi connectivity index (χ2v) is 3.04.